The summed E-state index contributed by atoms with van der Waals surface area (Å²) in [5.41, 5.74) is 13.3. The van der Waals surface area contributed by atoms with E-state index in [1.807, 2.05) is 0 Å². The number of aliphatic hydroxyl groups excluding tert-OH is 1. The number of imidazole rings is 1. The van der Waals surface area contributed by atoms with Crippen molar-refractivity contribution in [3.63, 3.8) is 0 Å². The van der Waals surface area contributed by atoms with E-state index < -0.39 is 17.9 Å². The lowest BCUT2D eigenvalue weighted by Gasteiger charge is -2.13. The number of fused-ring (bicyclic) bond motifs is 1. The summed E-state index contributed by atoms with van der Waals surface area (Å²) in [7, 11) is 0. The van der Waals surface area contributed by atoms with Crippen molar-refractivity contribution in [1.29, 1.82) is 0 Å². The third-order valence-corrected chi connectivity index (χ3v) is 3.60. The fourth-order valence-electron chi connectivity index (χ4n) is 2.44. The van der Waals surface area contributed by atoms with Gasteiger partial charge in [-0.3, -0.25) is 9.59 Å². The van der Waals surface area contributed by atoms with E-state index in [1.165, 1.54) is 12.5 Å². The number of aromatic nitrogens is 2. The number of aromatic amines is 1. The summed E-state index contributed by atoms with van der Waals surface area (Å²) < 4.78 is 0. The van der Waals surface area contributed by atoms with Gasteiger partial charge in [-0.05, 0) is 29.8 Å². The van der Waals surface area contributed by atoms with Crippen LogP contribution in [-0.4, -0.2) is 33.0 Å². The first-order valence-corrected chi connectivity index (χ1v) is 7.42. The second kappa shape index (κ2) is 6.62. The summed E-state index contributed by atoms with van der Waals surface area (Å²) in [6.07, 6.45) is -0.190. The Morgan fingerprint density at radius 2 is 2.00 bits per heavy atom. The molecule has 0 aliphatic rings. The molecule has 2 aromatic carbocycles. The van der Waals surface area contributed by atoms with Crippen molar-refractivity contribution in [2.45, 2.75) is 6.10 Å². The van der Waals surface area contributed by atoms with E-state index in [0.29, 0.717) is 22.3 Å². The summed E-state index contributed by atoms with van der Waals surface area (Å²) in [4.78, 5) is 30.5. The molecule has 3 aromatic rings. The highest BCUT2D eigenvalue weighted by Crippen LogP contribution is 2.19. The number of amides is 2. The number of hydrogen-bond donors (Lipinski definition) is 5. The number of rotatable bonds is 5. The van der Waals surface area contributed by atoms with Crippen molar-refractivity contribution in [2.24, 2.45) is 5.73 Å². The molecule has 3 rings (SSSR count). The Kier molecular flexibility index (Phi) is 4.36. The molecule has 0 fully saturated rings. The minimum absolute atomic E-state index is 0.226. The minimum atomic E-state index is -1.46. The lowest BCUT2D eigenvalue weighted by Crippen LogP contribution is -2.29. The largest absolute Gasteiger partial charge is 0.383 e. The molecule has 0 aliphatic carbocycles. The number of nitrogens with one attached hydrogen (secondary N) is 2. The molecule has 8 nitrogen and oxygen atoms in total. The van der Waals surface area contributed by atoms with Gasteiger partial charge >= 0.3 is 0 Å². The second-order valence-corrected chi connectivity index (χ2v) is 5.41. The van der Waals surface area contributed by atoms with Crippen molar-refractivity contribution in [2.75, 3.05) is 11.1 Å². The van der Waals surface area contributed by atoms with Gasteiger partial charge in [-0.1, -0.05) is 18.2 Å². The van der Waals surface area contributed by atoms with E-state index >= 15 is 0 Å². The molecule has 0 bridgehead atoms. The van der Waals surface area contributed by atoms with Gasteiger partial charge in [0.2, 0.25) is 5.91 Å². The van der Waals surface area contributed by atoms with E-state index in [4.69, 9.17) is 11.5 Å². The van der Waals surface area contributed by atoms with Crippen LogP contribution in [0.2, 0.25) is 0 Å². The first-order chi connectivity index (χ1) is 11.9. The maximum atomic E-state index is 12.2. The molecular formula is C17H16N5O3. The summed E-state index contributed by atoms with van der Waals surface area (Å²) in [6, 6.07) is 11.4. The average Bonchev–Trinajstić information content (AvgIpc) is 2.94. The molecule has 25 heavy (non-hydrogen) atoms. The number of benzene rings is 2. The SMILES string of the molecule is NC(=O)c1ccccc1[CH][C@@H](O)C(=O)Nc1ccc2nc(N)[nH]c2c1. The second-order valence-electron chi connectivity index (χ2n) is 5.41. The molecule has 0 saturated carbocycles. The Hall–Kier alpha value is -3.39. The van der Waals surface area contributed by atoms with Crippen LogP contribution in [0.3, 0.4) is 0 Å². The molecule has 0 saturated heterocycles. The van der Waals surface area contributed by atoms with Gasteiger partial charge in [-0.2, -0.15) is 0 Å². The van der Waals surface area contributed by atoms with Crippen LogP contribution < -0.4 is 16.8 Å². The summed E-state index contributed by atoms with van der Waals surface area (Å²) in [6.45, 7) is 0. The molecule has 2 amide bonds. The third kappa shape index (κ3) is 3.59. The normalized spacial score (nSPS) is 12.0. The number of nitrogen functional groups attached to an aromatic ring is 1. The zero-order chi connectivity index (χ0) is 18.0. The summed E-state index contributed by atoms with van der Waals surface area (Å²) in [5.74, 6) is -1.01. The number of hydrogen-bond acceptors (Lipinski definition) is 5. The minimum Gasteiger partial charge on any atom is -0.383 e. The van der Waals surface area contributed by atoms with Crippen LogP contribution >= 0.6 is 0 Å². The highest BCUT2D eigenvalue weighted by molar-refractivity contribution is 5.98. The smallest absolute Gasteiger partial charge is 0.253 e. The topological polar surface area (TPSA) is 147 Å². The fourth-order valence-corrected chi connectivity index (χ4v) is 2.44. The van der Waals surface area contributed by atoms with Crippen molar-refractivity contribution in [3.05, 3.63) is 60.0 Å². The Bertz CT molecular complexity index is 950. The molecule has 1 heterocycles. The lowest BCUT2D eigenvalue weighted by atomic mass is 10.0. The molecule has 1 aromatic heterocycles. The van der Waals surface area contributed by atoms with E-state index in [0.717, 1.165) is 0 Å². The standard InChI is InChI=1S/C17H16N5O3/c18-15(24)11-4-2-1-3-9(11)7-14(23)16(25)20-10-5-6-12-13(8-10)22-17(19)21-12/h1-8,14,23H,(H2,18,24)(H,20,25)(H3,19,21,22)/t14-/m1/s1. The van der Waals surface area contributed by atoms with Gasteiger partial charge in [0.1, 0.15) is 6.10 Å². The number of carbonyl (C=O) groups is 2. The van der Waals surface area contributed by atoms with E-state index in [-0.39, 0.29) is 11.5 Å². The van der Waals surface area contributed by atoms with Gasteiger partial charge in [-0.25, -0.2) is 4.98 Å². The van der Waals surface area contributed by atoms with Gasteiger partial charge in [0.25, 0.3) is 5.91 Å². The molecule has 0 spiro atoms. The quantitative estimate of drug-likeness (QED) is 0.467. The Morgan fingerprint density at radius 1 is 1.24 bits per heavy atom. The number of nitrogens with two attached hydrogens (primary N) is 2. The van der Waals surface area contributed by atoms with E-state index in [2.05, 4.69) is 15.3 Å². The molecular weight excluding hydrogens is 322 g/mol. The van der Waals surface area contributed by atoms with E-state index in [9.17, 15) is 14.7 Å². The number of carbonyl (C=O) groups excluding carboxylic acids is 2. The predicted octanol–water partition coefficient (Wildman–Crippen LogP) is 0.796. The van der Waals surface area contributed by atoms with Gasteiger partial charge in [0.05, 0.1) is 11.0 Å². The highest BCUT2D eigenvalue weighted by atomic mass is 16.3. The van der Waals surface area contributed by atoms with Crippen LogP contribution in [0, 0.1) is 6.42 Å². The van der Waals surface area contributed by atoms with Gasteiger partial charge < -0.3 is 26.9 Å². The van der Waals surface area contributed by atoms with Crippen LogP contribution in [0.5, 0.6) is 0 Å². The average molecular weight is 338 g/mol. The molecule has 1 atom stereocenters. The first-order valence-electron chi connectivity index (χ1n) is 7.42. The van der Waals surface area contributed by atoms with Gasteiger partial charge in [0, 0.05) is 17.7 Å². The maximum absolute atomic E-state index is 12.2. The van der Waals surface area contributed by atoms with Crippen molar-refractivity contribution < 1.29 is 14.7 Å². The fraction of sp³-hybridized carbons (Fsp3) is 0.0588. The molecule has 7 N–H and O–H groups in total. The van der Waals surface area contributed by atoms with E-state index in [1.54, 1.807) is 36.4 Å². The zero-order valence-electron chi connectivity index (χ0n) is 13.1. The lowest BCUT2D eigenvalue weighted by molar-refractivity contribution is -0.122. The number of H-pyrrole nitrogens is 1. The number of primary amides is 1. The summed E-state index contributed by atoms with van der Waals surface area (Å²) >= 11 is 0. The highest BCUT2D eigenvalue weighted by Gasteiger charge is 2.19. The number of nitrogens with zero attached hydrogens (tertiary/aromatic N) is 1. The Morgan fingerprint density at radius 3 is 2.76 bits per heavy atom. The molecule has 0 unspecified atom stereocenters. The zero-order valence-corrected chi connectivity index (χ0v) is 13.1. The van der Waals surface area contributed by atoms with Crippen LogP contribution in [0.25, 0.3) is 11.0 Å². The molecule has 8 heteroatoms. The van der Waals surface area contributed by atoms with Crippen molar-refractivity contribution in [3.8, 4) is 0 Å². The molecule has 1 radical (unpaired) electrons. The molecule has 0 aliphatic heterocycles. The van der Waals surface area contributed by atoms with Crippen LogP contribution in [-0.2, 0) is 4.79 Å². The summed E-state index contributed by atoms with van der Waals surface area (Å²) in [5, 5.41) is 12.7. The molecule has 127 valence electrons. The van der Waals surface area contributed by atoms with Crippen LogP contribution in [0.4, 0.5) is 11.6 Å². The monoisotopic (exact) mass is 338 g/mol. The van der Waals surface area contributed by atoms with Gasteiger partial charge in [-0.15, -0.1) is 0 Å². The first kappa shape index (κ1) is 16.5. The third-order valence-electron chi connectivity index (χ3n) is 3.60. The Balaban J connectivity index is 1.72. The predicted molar refractivity (Wildman–Crippen MR) is 93.5 cm³/mol. The Labute approximate surface area is 142 Å². The van der Waals surface area contributed by atoms with Gasteiger partial charge in [0.15, 0.2) is 5.95 Å². The van der Waals surface area contributed by atoms with Crippen LogP contribution in [0.1, 0.15) is 15.9 Å². The number of anilines is 2. The van der Waals surface area contributed by atoms with Crippen molar-refractivity contribution in [1.82, 2.24) is 9.97 Å². The number of aliphatic hydroxyl groups is 1. The van der Waals surface area contributed by atoms with Crippen LogP contribution in [0.15, 0.2) is 42.5 Å². The maximum Gasteiger partial charge on any atom is 0.253 e. The van der Waals surface area contributed by atoms with Crippen molar-refractivity contribution >= 4 is 34.5 Å².